The standard InChI is InChI=1S/C17H20N2O2/c1-3-14-16(17(21)12-4-6-13(20)7-5-12)19-9-8-11(2)10-15(19)18-14/h4-7,11,20H,3,8-10H2,1-2H3. The lowest BCUT2D eigenvalue weighted by Gasteiger charge is -2.21. The number of imidazole rings is 1. The Morgan fingerprint density at radius 1 is 1.38 bits per heavy atom. The number of fused-ring (bicyclic) bond motifs is 1. The number of ketones is 1. The lowest BCUT2D eigenvalue weighted by atomic mass is 9.99. The molecule has 0 amide bonds. The van der Waals surface area contributed by atoms with Gasteiger partial charge in [-0.25, -0.2) is 4.98 Å². The number of hydrogen-bond acceptors (Lipinski definition) is 3. The Morgan fingerprint density at radius 2 is 2.10 bits per heavy atom. The molecule has 2 heterocycles. The first kappa shape index (κ1) is 13.9. The summed E-state index contributed by atoms with van der Waals surface area (Å²) in [5.41, 5.74) is 2.21. The molecule has 21 heavy (non-hydrogen) atoms. The summed E-state index contributed by atoms with van der Waals surface area (Å²) in [5, 5.41) is 9.36. The van der Waals surface area contributed by atoms with Crippen LogP contribution in [-0.4, -0.2) is 20.4 Å². The Bertz CT molecular complexity index is 671. The maximum absolute atomic E-state index is 12.8. The SMILES string of the molecule is CCc1nc2n(c1C(=O)c1ccc(O)cc1)CCC(C)C2. The zero-order chi connectivity index (χ0) is 15.0. The van der Waals surface area contributed by atoms with Crippen molar-refractivity contribution in [3.8, 4) is 5.75 Å². The number of hydrogen-bond donors (Lipinski definition) is 1. The van der Waals surface area contributed by atoms with Gasteiger partial charge in [0.05, 0.1) is 5.69 Å². The largest absolute Gasteiger partial charge is 0.508 e. The summed E-state index contributed by atoms with van der Waals surface area (Å²) < 4.78 is 2.09. The molecule has 0 fully saturated rings. The van der Waals surface area contributed by atoms with E-state index in [9.17, 15) is 9.90 Å². The van der Waals surface area contributed by atoms with Crippen LogP contribution in [0.15, 0.2) is 24.3 Å². The van der Waals surface area contributed by atoms with Crippen molar-refractivity contribution in [1.82, 2.24) is 9.55 Å². The molecule has 1 aromatic carbocycles. The van der Waals surface area contributed by atoms with Gasteiger partial charge in [0.25, 0.3) is 0 Å². The van der Waals surface area contributed by atoms with Crippen molar-refractivity contribution in [3.05, 3.63) is 47.0 Å². The number of carbonyl (C=O) groups is 1. The van der Waals surface area contributed by atoms with Gasteiger partial charge in [0.1, 0.15) is 17.3 Å². The number of carbonyl (C=O) groups excluding carboxylic acids is 1. The number of nitrogens with zero attached hydrogens (tertiary/aromatic N) is 2. The molecular formula is C17H20N2O2. The van der Waals surface area contributed by atoms with Crippen LogP contribution in [-0.2, 0) is 19.4 Å². The molecule has 0 saturated carbocycles. The van der Waals surface area contributed by atoms with Gasteiger partial charge in [0, 0.05) is 18.5 Å². The van der Waals surface area contributed by atoms with E-state index in [1.54, 1.807) is 24.3 Å². The molecule has 1 unspecified atom stereocenters. The molecule has 1 atom stereocenters. The van der Waals surface area contributed by atoms with E-state index in [1.807, 2.05) is 6.92 Å². The summed E-state index contributed by atoms with van der Waals surface area (Å²) in [5.74, 6) is 1.83. The summed E-state index contributed by atoms with van der Waals surface area (Å²) in [4.78, 5) is 17.5. The van der Waals surface area contributed by atoms with E-state index >= 15 is 0 Å². The van der Waals surface area contributed by atoms with E-state index in [4.69, 9.17) is 0 Å². The lowest BCUT2D eigenvalue weighted by molar-refractivity contribution is 0.102. The highest BCUT2D eigenvalue weighted by atomic mass is 16.3. The second-order valence-corrected chi connectivity index (χ2v) is 5.80. The van der Waals surface area contributed by atoms with Crippen molar-refractivity contribution < 1.29 is 9.90 Å². The Kier molecular flexibility index (Phi) is 3.53. The highest BCUT2D eigenvalue weighted by molar-refractivity contribution is 6.08. The maximum atomic E-state index is 12.8. The Morgan fingerprint density at radius 3 is 2.76 bits per heavy atom. The maximum Gasteiger partial charge on any atom is 0.211 e. The fourth-order valence-electron chi connectivity index (χ4n) is 2.96. The lowest BCUT2D eigenvalue weighted by Crippen LogP contribution is -2.21. The minimum Gasteiger partial charge on any atom is -0.508 e. The van der Waals surface area contributed by atoms with Gasteiger partial charge in [-0.15, -0.1) is 0 Å². The van der Waals surface area contributed by atoms with Crippen molar-refractivity contribution in [2.24, 2.45) is 5.92 Å². The van der Waals surface area contributed by atoms with Crippen molar-refractivity contribution in [2.45, 2.75) is 39.7 Å². The minimum absolute atomic E-state index is 0.000142. The monoisotopic (exact) mass is 284 g/mol. The van der Waals surface area contributed by atoms with Crippen LogP contribution in [0.3, 0.4) is 0 Å². The molecule has 4 nitrogen and oxygen atoms in total. The van der Waals surface area contributed by atoms with Gasteiger partial charge in [0.2, 0.25) is 5.78 Å². The van der Waals surface area contributed by atoms with Gasteiger partial charge >= 0.3 is 0 Å². The summed E-state index contributed by atoms with van der Waals surface area (Å²) >= 11 is 0. The summed E-state index contributed by atoms with van der Waals surface area (Å²) in [6.07, 6.45) is 2.78. The molecule has 0 radical (unpaired) electrons. The van der Waals surface area contributed by atoms with Crippen LogP contribution < -0.4 is 0 Å². The number of aromatic nitrogens is 2. The van der Waals surface area contributed by atoms with Gasteiger partial charge in [-0.3, -0.25) is 4.79 Å². The molecule has 1 aliphatic heterocycles. The van der Waals surface area contributed by atoms with Gasteiger partial charge in [-0.2, -0.15) is 0 Å². The molecule has 4 heteroatoms. The van der Waals surface area contributed by atoms with E-state index in [1.165, 1.54) is 0 Å². The smallest absolute Gasteiger partial charge is 0.211 e. The molecule has 3 rings (SSSR count). The fourth-order valence-corrected chi connectivity index (χ4v) is 2.96. The predicted octanol–water partition coefficient (Wildman–Crippen LogP) is 2.96. The molecule has 1 aliphatic rings. The number of aromatic hydroxyl groups is 1. The van der Waals surface area contributed by atoms with Crippen LogP contribution in [0.2, 0.25) is 0 Å². The van der Waals surface area contributed by atoms with Crippen LogP contribution >= 0.6 is 0 Å². The van der Waals surface area contributed by atoms with Gasteiger partial charge in [-0.05, 0) is 43.0 Å². The van der Waals surface area contributed by atoms with Crippen LogP contribution in [0.4, 0.5) is 0 Å². The predicted molar refractivity (Wildman–Crippen MR) is 80.6 cm³/mol. The molecule has 2 aromatic rings. The Labute approximate surface area is 124 Å². The molecule has 0 aliphatic carbocycles. The third-order valence-electron chi connectivity index (χ3n) is 4.17. The minimum atomic E-state index is 0.000142. The normalized spacial score (nSPS) is 17.5. The summed E-state index contributed by atoms with van der Waals surface area (Å²) in [6.45, 7) is 5.12. The van der Waals surface area contributed by atoms with Crippen LogP contribution in [0.5, 0.6) is 5.75 Å². The quantitative estimate of drug-likeness (QED) is 0.882. The number of phenols is 1. The fraction of sp³-hybridized carbons (Fsp3) is 0.412. The summed E-state index contributed by atoms with van der Waals surface area (Å²) in [6, 6.07) is 6.44. The highest BCUT2D eigenvalue weighted by Crippen LogP contribution is 2.26. The van der Waals surface area contributed by atoms with Gasteiger partial charge in [-0.1, -0.05) is 13.8 Å². The van der Waals surface area contributed by atoms with E-state index in [0.29, 0.717) is 11.5 Å². The van der Waals surface area contributed by atoms with E-state index < -0.39 is 0 Å². The Balaban J connectivity index is 2.05. The third-order valence-corrected chi connectivity index (χ3v) is 4.17. The summed E-state index contributed by atoms with van der Waals surface area (Å²) in [7, 11) is 0. The molecule has 1 aromatic heterocycles. The second-order valence-electron chi connectivity index (χ2n) is 5.80. The number of aryl methyl sites for hydroxylation is 1. The van der Waals surface area contributed by atoms with Gasteiger partial charge in [0.15, 0.2) is 0 Å². The van der Waals surface area contributed by atoms with Crippen molar-refractivity contribution >= 4 is 5.78 Å². The topological polar surface area (TPSA) is 55.1 Å². The van der Waals surface area contributed by atoms with E-state index in [-0.39, 0.29) is 11.5 Å². The molecular weight excluding hydrogens is 264 g/mol. The van der Waals surface area contributed by atoms with Crippen molar-refractivity contribution in [3.63, 3.8) is 0 Å². The molecule has 0 bridgehead atoms. The average molecular weight is 284 g/mol. The first-order chi connectivity index (χ1) is 10.1. The highest BCUT2D eigenvalue weighted by Gasteiger charge is 2.26. The Hall–Kier alpha value is -2.10. The number of benzene rings is 1. The zero-order valence-electron chi connectivity index (χ0n) is 12.5. The zero-order valence-corrected chi connectivity index (χ0v) is 12.5. The van der Waals surface area contributed by atoms with Crippen molar-refractivity contribution in [2.75, 3.05) is 0 Å². The van der Waals surface area contributed by atoms with Crippen LogP contribution in [0.25, 0.3) is 0 Å². The molecule has 1 N–H and O–H groups in total. The number of rotatable bonds is 3. The number of phenolic OH excluding ortho intramolecular Hbond substituents is 1. The average Bonchev–Trinajstić information content (AvgIpc) is 2.84. The molecule has 0 spiro atoms. The molecule has 110 valence electrons. The van der Waals surface area contributed by atoms with E-state index in [0.717, 1.165) is 43.0 Å². The molecule has 0 saturated heterocycles. The first-order valence-electron chi connectivity index (χ1n) is 7.52. The van der Waals surface area contributed by atoms with Crippen LogP contribution in [0.1, 0.15) is 47.8 Å². The van der Waals surface area contributed by atoms with Crippen molar-refractivity contribution in [1.29, 1.82) is 0 Å². The van der Waals surface area contributed by atoms with E-state index in [2.05, 4.69) is 16.5 Å². The third kappa shape index (κ3) is 2.46. The second kappa shape index (κ2) is 5.35. The first-order valence-corrected chi connectivity index (χ1v) is 7.52. The van der Waals surface area contributed by atoms with Gasteiger partial charge < -0.3 is 9.67 Å². The van der Waals surface area contributed by atoms with Crippen LogP contribution in [0, 0.1) is 5.92 Å².